The first kappa shape index (κ1) is 18.5. The summed E-state index contributed by atoms with van der Waals surface area (Å²) in [4.78, 5) is -0.0625. The normalized spacial score (nSPS) is 18.4. The van der Waals surface area contributed by atoms with E-state index in [1.165, 1.54) is 15.9 Å². The van der Waals surface area contributed by atoms with Gasteiger partial charge in [0, 0.05) is 19.6 Å². The molecule has 5 nitrogen and oxygen atoms in total. The van der Waals surface area contributed by atoms with E-state index in [0.29, 0.717) is 19.6 Å². The van der Waals surface area contributed by atoms with Crippen LogP contribution >= 0.6 is 0 Å². The minimum absolute atomic E-state index is 0.0625. The molecule has 0 bridgehead atoms. The van der Waals surface area contributed by atoms with Gasteiger partial charge in [-0.1, -0.05) is 31.2 Å². The predicted octanol–water partition coefficient (Wildman–Crippen LogP) is 2.59. The summed E-state index contributed by atoms with van der Waals surface area (Å²) in [5.41, 5.74) is 1.81. The Bertz CT molecular complexity index is 936. The fourth-order valence-electron chi connectivity index (χ4n) is 3.12. The Morgan fingerprint density at radius 2 is 2.00 bits per heavy atom. The second-order valence-corrected chi connectivity index (χ2v) is 8.07. The summed E-state index contributed by atoms with van der Waals surface area (Å²) in [5.74, 6) is -0.724. The third kappa shape index (κ3) is 3.49. The van der Waals surface area contributed by atoms with Crippen molar-refractivity contribution in [3.63, 3.8) is 0 Å². The van der Waals surface area contributed by atoms with Crippen LogP contribution in [0.3, 0.4) is 0 Å². The number of nitriles is 1. The molecule has 26 heavy (non-hydrogen) atoms. The minimum atomic E-state index is -3.85. The number of halogens is 1. The van der Waals surface area contributed by atoms with Crippen molar-refractivity contribution in [1.82, 2.24) is 9.62 Å². The molecule has 7 heteroatoms. The van der Waals surface area contributed by atoms with Crippen molar-refractivity contribution in [2.45, 2.75) is 24.3 Å². The highest BCUT2D eigenvalue weighted by atomic mass is 32.2. The summed E-state index contributed by atoms with van der Waals surface area (Å²) in [6, 6.07) is 12.6. The highest BCUT2D eigenvalue weighted by molar-refractivity contribution is 7.89. The van der Waals surface area contributed by atoms with Crippen LogP contribution in [0.15, 0.2) is 47.4 Å². The van der Waals surface area contributed by atoms with E-state index < -0.39 is 15.8 Å². The first-order valence-corrected chi connectivity index (χ1v) is 9.92. The standard InChI is InChI=1S/C19H20FN3O2S/c1-2-14-3-5-15(6-4-14)19-13-22-9-10-23(19)26(24,25)17-7-8-18(20)16(11-17)12-21/h3-8,11,19,22H,2,9-10,13H2,1H3. The van der Waals surface area contributed by atoms with Crippen LogP contribution in [0.5, 0.6) is 0 Å². The molecule has 1 aliphatic heterocycles. The Morgan fingerprint density at radius 1 is 1.27 bits per heavy atom. The second-order valence-electron chi connectivity index (χ2n) is 6.18. The van der Waals surface area contributed by atoms with Crippen molar-refractivity contribution in [3.05, 3.63) is 65.0 Å². The molecular weight excluding hydrogens is 353 g/mol. The van der Waals surface area contributed by atoms with Gasteiger partial charge in [-0.15, -0.1) is 0 Å². The summed E-state index contributed by atoms with van der Waals surface area (Å²) < 4.78 is 41.3. The van der Waals surface area contributed by atoms with E-state index in [1.54, 1.807) is 6.07 Å². The largest absolute Gasteiger partial charge is 0.313 e. The monoisotopic (exact) mass is 373 g/mol. The first-order chi connectivity index (χ1) is 12.5. The van der Waals surface area contributed by atoms with Gasteiger partial charge < -0.3 is 5.32 Å². The van der Waals surface area contributed by atoms with Crippen molar-refractivity contribution < 1.29 is 12.8 Å². The quantitative estimate of drug-likeness (QED) is 0.894. The number of benzene rings is 2. The van der Waals surface area contributed by atoms with Gasteiger partial charge in [0.15, 0.2) is 0 Å². The highest BCUT2D eigenvalue weighted by Crippen LogP contribution is 2.29. The average Bonchev–Trinajstić information content (AvgIpc) is 2.68. The van der Waals surface area contributed by atoms with Gasteiger partial charge in [0.05, 0.1) is 16.5 Å². The lowest BCUT2D eigenvalue weighted by Gasteiger charge is -2.35. The van der Waals surface area contributed by atoms with Crippen molar-refractivity contribution in [3.8, 4) is 6.07 Å². The lowest BCUT2D eigenvalue weighted by molar-refractivity contribution is 0.271. The molecular formula is C19H20FN3O2S. The molecule has 2 aromatic rings. The Morgan fingerprint density at radius 3 is 2.65 bits per heavy atom. The number of sulfonamides is 1. The van der Waals surface area contributed by atoms with Crippen LogP contribution in [0.4, 0.5) is 4.39 Å². The molecule has 1 N–H and O–H groups in total. The van der Waals surface area contributed by atoms with Crippen LogP contribution in [0.1, 0.15) is 29.7 Å². The van der Waals surface area contributed by atoms with Crippen molar-refractivity contribution in [2.75, 3.05) is 19.6 Å². The number of rotatable bonds is 4. The Labute approximate surface area is 153 Å². The van der Waals surface area contributed by atoms with Crippen molar-refractivity contribution >= 4 is 10.0 Å². The maximum absolute atomic E-state index is 13.6. The number of nitrogens with zero attached hydrogens (tertiary/aromatic N) is 2. The van der Waals surface area contributed by atoms with E-state index in [-0.39, 0.29) is 16.5 Å². The first-order valence-electron chi connectivity index (χ1n) is 8.48. The van der Waals surface area contributed by atoms with E-state index in [0.717, 1.165) is 24.1 Å². The van der Waals surface area contributed by atoms with Gasteiger partial charge >= 0.3 is 0 Å². The van der Waals surface area contributed by atoms with Gasteiger partial charge in [-0.3, -0.25) is 0 Å². The molecule has 0 amide bonds. The van der Waals surface area contributed by atoms with E-state index in [4.69, 9.17) is 5.26 Å². The number of aryl methyl sites for hydroxylation is 1. The van der Waals surface area contributed by atoms with Crippen LogP contribution in [-0.2, 0) is 16.4 Å². The third-order valence-corrected chi connectivity index (χ3v) is 6.54. The molecule has 1 heterocycles. The number of nitrogens with one attached hydrogen (secondary N) is 1. The molecule has 0 saturated carbocycles. The van der Waals surface area contributed by atoms with E-state index in [1.807, 2.05) is 24.3 Å². The van der Waals surface area contributed by atoms with Crippen molar-refractivity contribution in [2.24, 2.45) is 0 Å². The molecule has 1 aliphatic rings. The minimum Gasteiger partial charge on any atom is -0.313 e. The summed E-state index contributed by atoms with van der Waals surface area (Å²) >= 11 is 0. The SMILES string of the molecule is CCc1ccc(C2CNCCN2S(=O)(=O)c2ccc(F)c(C#N)c2)cc1. The summed E-state index contributed by atoms with van der Waals surface area (Å²) in [5, 5.41) is 12.2. The Kier molecular flexibility index (Phi) is 5.37. The number of hydrogen-bond donors (Lipinski definition) is 1. The van der Waals surface area contributed by atoms with Gasteiger partial charge in [0.2, 0.25) is 10.0 Å². The zero-order valence-corrected chi connectivity index (χ0v) is 15.3. The summed E-state index contributed by atoms with van der Waals surface area (Å²) in [7, 11) is -3.85. The number of hydrogen-bond acceptors (Lipinski definition) is 4. The van der Waals surface area contributed by atoms with Gasteiger partial charge in [0.1, 0.15) is 11.9 Å². The maximum atomic E-state index is 13.6. The molecule has 2 aromatic carbocycles. The van der Waals surface area contributed by atoms with Crippen LogP contribution in [0, 0.1) is 17.1 Å². The van der Waals surface area contributed by atoms with E-state index in [9.17, 15) is 12.8 Å². The van der Waals surface area contributed by atoms with Gasteiger partial charge in [0.25, 0.3) is 0 Å². The topological polar surface area (TPSA) is 73.2 Å². The molecule has 136 valence electrons. The summed E-state index contributed by atoms with van der Waals surface area (Å²) in [6.07, 6.45) is 0.914. The Balaban J connectivity index is 1.99. The van der Waals surface area contributed by atoms with Gasteiger partial charge in [-0.05, 0) is 35.7 Å². The number of piperazine rings is 1. The molecule has 0 radical (unpaired) electrons. The molecule has 1 atom stereocenters. The van der Waals surface area contributed by atoms with Crippen LogP contribution in [-0.4, -0.2) is 32.4 Å². The summed E-state index contributed by atoms with van der Waals surface area (Å²) in [6.45, 7) is 3.41. The highest BCUT2D eigenvalue weighted by Gasteiger charge is 2.34. The zero-order chi connectivity index (χ0) is 18.7. The van der Waals surface area contributed by atoms with E-state index in [2.05, 4.69) is 12.2 Å². The van der Waals surface area contributed by atoms with Crippen LogP contribution in [0.25, 0.3) is 0 Å². The van der Waals surface area contributed by atoms with Gasteiger partial charge in [-0.2, -0.15) is 9.57 Å². The molecule has 3 rings (SSSR count). The van der Waals surface area contributed by atoms with Crippen LogP contribution in [0.2, 0.25) is 0 Å². The zero-order valence-electron chi connectivity index (χ0n) is 14.4. The third-order valence-electron chi connectivity index (χ3n) is 4.63. The lowest BCUT2D eigenvalue weighted by atomic mass is 10.0. The molecule has 0 spiro atoms. The lowest BCUT2D eigenvalue weighted by Crippen LogP contribution is -2.48. The van der Waals surface area contributed by atoms with Crippen molar-refractivity contribution in [1.29, 1.82) is 5.26 Å². The molecule has 1 fully saturated rings. The van der Waals surface area contributed by atoms with Crippen LogP contribution < -0.4 is 5.32 Å². The smallest absolute Gasteiger partial charge is 0.243 e. The maximum Gasteiger partial charge on any atom is 0.243 e. The van der Waals surface area contributed by atoms with E-state index >= 15 is 0 Å². The fraction of sp³-hybridized carbons (Fsp3) is 0.316. The van der Waals surface area contributed by atoms with Gasteiger partial charge in [-0.25, -0.2) is 12.8 Å². The molecule has 0 aromatic heterocycles. The second kappa shape index (κ2) is 7.54. The Hall–Kier alpha value is -2.27. The molecule has 0 aliphatic carbocycles. The fourth-order valence-corrected chi connectivity index (χ4v) is 4.76. The molecule has 1 unspecified atom stereocenters. The average molecular weight is 373 g/mol. The predicted molar refractivity (Wildman–Crippen MR) is 96.4 cm³/mol. The molecule has 1 saturated heterocycles.